The van der Waals surface area contributed by atoms with E-state index in [1.807, 2.05) is 54.8 Å². The Kier molecular flexibility index (Phi) is 4.34. The molecule has 1 amide bonds. The summed E-state index contributed by atoms with van der Waals surface area (Å²) in [6.45, 7) is 1.96. The van der Waals surface area contributed by atoms with Gasteiger partial charge in [0.25, 0.3) is 0 Å². The van der Waals surface area contributed by atoms with Crippen LogP contribution >= 0.6 is 11.3 Å². The number of rotatable bonds is 5. The monoisotopic (exact) mass is 366 g/mol. The summed E-state index contributed by atoms with van der Waals surface area (Å²) in [5, 5.41) is 3.72. The van der Waals surface area contributed by atoms with E-state index < -0.39 is 0 Å². The first-order chi connectivity index (χ1) is 12.6. The zero-order valence-corrected chi connectivity index (χ0v) is 15.3. The minimum absolute atomic E-state index is 0.00532. The van der Waals surface area contributed by atoms with Gasteiger partial charge in [-0.3, -0.25) is 4.79 Å². The fourth-order valence-electron chi connectivity index (χ4n) is 2.80. The van der Waals surface area contributed by atoms with Crippen LogP contribution in [0.25, 0.3) is 21.7 Å². The summed E-state index contributed by atoms with van der Waals surface area (Å²) in [6.07, 6.45) is 1.86. The lowest BCUT2D eigenvalue weighted by Gasteiger charge is -2.23. The minimum Gasteiger partial charge on any atom is -0.462 e. The molecule has 0 saturated heterocycles. The quantitative estimate of drug-likeness (QED) is 0.503. The number of carbonyl (C=O) groups excluding carboxylic acids is 1. The van der Waals surface area contributed by atoms with Gasteiger partial charge in [-0.05, 0) is 31.2 Å². The van der Waals surface area contributed by atoms with Crippen molar-refractivity contribution in [3.8, 4) is 10.8 Å². The average Bonchev–Trinajstić information content (AvgIpc) is 3.39. The van der Waals surface area contributed by atoms with Crippen molar-refractivity contribution in [2.45, 2.75) is 19.4 Å². The van der Waals surface area contributed by atoms with Crippen molar-refractivity contribution in [2.24, 2.45) is 0 Å². The van der Waals surface area contributed by atoms with Crippen LogP contribution in [0.15, 0.2) is 62.9 Å². The molecule has 0 spiro atoms. The molecule has 26 heavy (non-hydrogen) atoms. The van der Waals surface area contributed by atoms with E-state index in [-0.39, 0.29) is 18.4 Å². The molecule has 0 unspecified atom stereocenters. The van der Waals surface area contributed by atoms with Gasteiger partial charge in [-0.1, -0.05) is 18.2 Å². The minimum atomic E-state index is -0.155. The molecule has 3 aromatic heterocycles. The number of benzene rings is 1. The number of furan rings is 2. The summed E-state index contributed by atoms with van der Waals surface area (Å²) in [7, 11) is 1.79. The van der Waals surface area contributed by atoms with Gasteiger partial charge in [0.1, 0.15) is 11.3 Å². The first-order valence-electron chi connectivity index (χ1n) is 8.34. The van der Waals surface area contributed by atoms with Crippen molar-refractivity contribution >= 4 is 28.2 Å². The standard InChI is InChI=1S/C20H18N2O3S/c1-13(18-10-14-6-3-4-7-16(14)25-18)22(2)19(23)11-15-12-26-20(21-15)17-8-5-9-24-17/h3-10,12-13H,11H2,1-2H3/t13-/m0/s1. The van der Waals surface area contributed by atoms with Gasteiger partial charge in [-0.2, -0.15) is 0 Å². The van der Waals surface area contributed by atoms with Crippen LogP contribution in [0.2, 0.25) is 0 Å². The maximum absolute atomic E-state index is 12.7. The highest BCUT2D eigenvalue weighted by molar-refractivity contribution is 7.13. The lowest BCUT2D eigenvalue weighted by molar-refractivity contribution is -0.131. The second kappa shape index (κ2) is 6.80. The Hall–Kier alpha value is -2.86. The Labute approximate surface area is 154 Å². The molecule has 132 valence electrons. The number of amides is 1. The van der Waals surface area contributed by atoms with Gasteiger partial charge < -0.3 is 13.7 Å². The maximum Gasteiger partial charge on any atom is 0.228 e. The van der Waals surface area contributed by atoms with E-state index in [4.69, 9.17) is 8.83 Å². The SMILES string of the molecule is C[C@@H](c1cc2ccccc2o1)N(C)C(=O)Cc1csc(-c2ccco2)n1. The van der Waals surface area contributed by atoms with Crippen LogP contribution in [0.1, 0.15) is 24.4 Å². The molecule has 0 bridgehead atoms. The first kappa shape index (κ1) is 16.6. The van der Waals surface area contributed by atoms with E-state index in [1.165, 1.54) is 11.3 Å². The number of hydrogen-bond donors (Lipinski definition) is 0. The molecule has 0 aliphatic heterocycles. The van der Waals surface area contributed by atoms with Crippen molar-refractivity contribution in [2.75, 3.05) is 7.05 Å². The van der Waals surface area contributed by atoms with Crippen LogP contribution in [0.5, 0.6) is 0 Å². The van der Waals surface area contributed by atoms with Gasteiger partial charge >= 0.3 is 0 Å². The van der Waals surface area contributed by atoms with Gasteiger partial charge in [0.05, 0.1) is 24.4 Å². The predicted octanol–water partition coefficient (Wildman–Crippen LogP) is 4.91. The summed E-state index contributed by atoms with van der Waals surface area (Å²) < 4.78 is 11.2. The Balaban J connectivity index is 1.47. The molecule has 5 nitrogen and oxygen atoms in total. The summed E-state index contributed by atoms with van der Waals surface area (Å²) in [5.41, 5.74) is 1.58. The molecule has 1 atom stereocenters. The number of nitrogens with zero attached hydrogens (tertiary/aromatic N) is 2. The summed E-state index contributed by atoms with van der Waals surface area (Å²) in [6, 6.07) is 13.4. The largest absolute Gasteiger partial charge is 0.462 e. The second-order valence-corrected chi connectivity index (χ2v) is 7.02. The Morgan fingerprint density at radius 2 is 2.12 bits per heavy atom. The number of carbonyl (C=O) groups is 1. The smallest absolute Gasteiger partial charge is 0.228 e. The molecule has 0 fully saturated rings. The van der Waals surface area contributed by atoms with E-state index in [0.29, 0.717) is 0 Å². The van der Waals surface area contributed by atoms with Crippen molar-refractivity contribution < 1.29 is 13.6 Å². The third-order valence-electron chi connectivity index (χ3n) is 4.45. The number of aromatic nitrogens is 1. The topological polar surface area (TPSA) is 59.5 Å². The van der Waals surface area contributed by atoms with Crippen LogP contribution in [0.3, 0.4) is 0 Å². The van der Waals surface area contributed by atoms with E-state index in [1.54, 1.807) is 18.2 Å². The van der Waals surface area contributed by atoms with Crippen LogP contribution in [-0.4, -0.2) is 22.8 Å². The molecule has 4 aromatic rings. The zero-order valence-electron chi connectivity index (χ0n) is 14.5. The van der Waals surface area contributed by atoms with E-state index in [2.05, 4.69) is 4.98 Å². The number of likely N-dealkylation sites (N-methyl/N-ethyl adjacent to an activating group) is 1. The Morgan fingerprint density at radius 3 is 2.88 bits per heavy atom. The average molecular weight is 366 g/mol. The Morgan fingerprint density at radius 1 is 1.27 bits per heavy atom. The summed E-state index contributed by atoms with van der Waals surface area (Å²) >= 11 is 1.47. The number of hydrogen-bond acceptors (Lipinski definition) is 5. The van der Waals surface area contributed by atoms with Crippen LogP contribution in [-0.2, 0) is 11.2 Å². The van der Waals surface area contributed by atoms with Crippen molar-refractivity contribution in [1.82, 2.24) is 9.88 Å². The maximum atomic E-state index is 12.7. The fourth-order valence-corrected chi connectivity index (χ4v) is 3.58. The molecular formula is C20H18N2O3S. The third kappa shape index (κ3) is 3.15. The number of para-hydroxylation sites is 1. The molecule has 0 aliphatic carbocycles. The van der Waals surface area contributed by atoms with Gasteiger partial charge in [0.2, 0.25) is 5.91 Å². The normalized spacial score (nSPS) is 12.4. The molecule has 1 aromatic carbocycles. The molecule has 3 heterocycles. The predicted molar refractivity (Wildman–Crippen MR) is 101 cm³/mol. The molecule has 4 rings (SSSR count). The molecule has 0 radical (unpaired) electrons. The van der Waals surface area contributed by atoms with E-state index in [9.17, 15) is 4.79 Å². The van der Waals surface area contributed by atoms with Crippen LogP contribution < -0.4 is 0 Å². The highest BCUT2D eigenvalue weighted by Gasteiger charge is 2.22. The molecule has 0 aliphatic rings. The van der Waals surface area contributed by atoms with Crippen molar-refractivity contribution in [3.63, 3.8) is 0 Å². The second-order valence-electron chi connectivity index (χ2n) is 6.17. The summed E-state index contributed by atoms with van der Waals surface area (Å²) in [4.78, 5) is 18.9. The van der Waals surface area contributed by atoms with Gasteiger partial charge in [0.15, 0.2) is 10.8 Å². The highest BCUT2D eigenvalue weighted by Crippen LogP contribution is 2.28. The molecular weight excluding hydrogens is 348 g/mol. The first-order valence-corrected chi connectivity index (χ1v) is 9.22. The lowest BCUT2D eigenvalue weighted by Crippen LogP contribution is -2.30. The molecule has 0 N–H and O–H groups in total. The lowest BCUT2D eigenvalue weighted by atomic mass is 10.2. The number of thiazole rings is 1. The molecule has 0 saturated carbocycles. The van der Waals surface area contributed by atoms with Crippen molar-refractivity contribution in [1.29, 1.82) is 0 Å². The zero-order chi connectivity index (χ0) is 18.1. The Bertz CT molecular complexity index is 999. The third-order valence-corrected chi connectivity index (χ3v) is 5.35. The van der Waals surface area contributed by atoms with E-state index >= 15 is 0 Å². The van der Waals surface area contributed by atoms with E-state index in [0.717, 1.165) is 33.2 Å². The van der Waals surface area contributed by atoms with Crippen LogP contribution in [0, 0.1) is 0 Å². The van der Waals surface area contributed by atoms with Crippen LogP contribution in [0.4, 0.5) is 0 Å². The highest BCUT2D eigenvalue weighted by atomic mass is 32.1. The molecule has 6 heteroatoms. The number of fused-ring (bicyclic) bond motifs is 1. The van der Waals surface area contributed by atoms with Crippen molar-refractivity contribution in [3.05, 3.63) is 65.6 Å². The van der Waals surface area contributed by atoms with Gasteiger partial charge in [-0.15, -0.1) is 11.3 Å². The van der Waals surface area contributed by atoms with Gasteiger partial charge in [-0.25, -0.2) is 4.98 Å². The van der Waals surface area contributed by atoms with Gasteiger partial charge in [0, 0.05) is 17.8 Å². The fraction of sp³-hybridized carbons (Fsp3) is 0.200. The summed E-state index contributed by atoms with van der Waals surface area (Å²) in [5.74, 6) is 1.49.